The molecular weight excluding hydrogens is 198 g/mol. The van der Waals surface area contributed by atoms with E-state index in [1.54, 1.807) is 0 Å². The third-order valence-corrected chi connectivity index (χ3v) is 0. The minimum atomic E-state index is -1.38. The minimum absolute atomic E-state index is 0. The molecule has 0 rings (SSSR count). The molecule has 4 heavy (non-hydrogen) atoms. The molecule has 0 bridgehead atoms. The van der Waals surface area contributed by atoms with Crippen molar-refractivity contribution < 1.29 is 42.0 Å². The smallest absolute Gasteiger partial charge is 0 e. The maximum atomic E-state index is 9.56. The van der Waals surface area contributed by atoms with E-state index in [0.29, 0.717) is 0 Å². The molecule has 32 valence electrons. The first-order valence-corrected chi connectivity index (χ1v) is 0.986. The van der Waals surface area contributed by atoms with Gasteiger partial charge in [0.05, 0.1) is 0 Å². The van der Waals surface area contributed by atoms with Gasteiger partial charge < -0.3 is 0 Å². The first kappa shape index (κ1) is 8.88. The molecule has 0 N–H and O–H groups in total. The van der Waals surface area contributed by atoms with Gasteiger partial charge in [-0.3, -0.25) is 0 Å². The predicted octanol–water partition coefficient (Wildman–Crippen LogP) is 0.835. The van der Waals surface area contributed by atoms with E-state index in [2.05, 4.69) is 0 Å². The summed E-state index contributed by atoms with van der Waals surface area (Å²) in [6.45, 7) is 0. The fourth-order valence-corrected chi connectivity index (χ4v) is 0. The minimum Gasteiger partial charge on any atom is 0 e. The Kier molecular flexibility index (Phi) is 20.0. The summed E-state index contributed by atoms with van der Waals surface area (Å²) in [7, 11) is 0. The number of rotatable bonds is 0. The summed E-state index contributed by atoms with van der Waals surface area (Å²) in [6.07, 6.45) is 0. The van der Waals surface area contributed by atoms with Crippen molar-refractivity contribution in [2.75, 3.05) is 0 Å². The van der Waals surface area contributed by atoms with Gasteiger partial charge in [0.1, 0.15) is 0 Å². The van der Waals surface area contributed by atoms with E-state index in [1.807, 2.05) is 0 Å². The fourth-order valence-electron chi connectivity index (χ4n) is 0. The van der Waals surface area contributed by atoms with Gasteiger partial charge in [-0.1, -0.05) is 0 Å². The second kappa shape index (κ2) is 9.02. The van der Waals surface area contributed by atoms with Crippen molar-refractivity contribution in [2.24, 2.45) is 0 Å². The second-order valence-electron chi connectivity index (χ2n) is 0.0452. The first-order valence-electron chi connectivity index (χ1n) is 0.239. The van der Waals surface area contributed by atoms with Crippen LogP contribution in [-0.4, -0.2) is 0 Å². The maximum Gasteiger partial charge on any atom is 0 e. The van der Waals surface area contributed by atoms with Crippen LogP contribution in [0.4, 0.5) is 7.21 Å². The van der Waals surface area contributed by atoms with Gasteiger partial charge in [0.15, 0.2) is 0 Å². The molecular formula is F2NiRu. The van der Waals surface area contributed by atoms with Crippen molar-refractivity contribution in [1.82, 2.24) is 0 Å². The van der Waals surface area contributed by atoms with Crippen LogP contribution in [0.3, 0.4) is 0 Å². The van der Waals surface area contributed by atoms with Crippen molar-refractivity contribution in [1.29, 1.82) is 0 Å². The molecule has 0 heterocycles. The van der Waals surface area contributed by atoms with E-state index in [0.717, 1.165) is 0 Å². The molecule has 0 saturated heterocycles. The normalized spacial score (nSPS) is 5.50. The maximum absolute atomic E-state index is 9.56. The van der Waals surface area contributed by atoms with Crippen LogP contribution in [0.5, 0.6) is 0 Å². The third-order valence-electron chi connectivity index (χ3n) is 0. The summed E-state index contributed by atoms with van der Waals surface area (Å²) in [6, 6.07) is 0. The molecule has 0 aromatic heterocycles. The monoisotopic (exact) mass is 198 g/mol. The molecule has 0 saturated carbocycles. The Morgan fingerprint density at radius 3 is 1.25 bits per heavy atom. The SMILES string of the molecule is [F][Ni][F].[Ru]. The molecule has 0 aliphatic heterocycles. The summed E-state index contributed by atoms with van der Waals surface area (Å²) >= 11 is -1.38. The van der Waals surface area contributed by atoms with Crippen molar-refractivity contribution in [3.05, 3.63) is 0 Å². The quantitative estimate of drug-likeness (QED) is 0.505. The number of hydrogen-bond donors (Lipinski definition) is 0. The van der Waals surface area contributed by atoms with E-state index in [4.69, 9.17) is 0 Å². The van der Waals surface area contributed by atoms with Crippen LogP contribution in [0.1, 0.15) is 0 Å². The second-order valence-corrected chi connectivity index (χ2v) is 0.186. The van der Waals surface area contributed by atoms with Crippen LogP contribution in [0.15, 0.2) is 0 Å². The molecule has 0 fully saturated rings. The van der Waals surface area contributed by atoms with Crippen molar-refractivity contribution in [3.63, 3.8) is 0 Å². The Labute approximate surface area is 42.4 Å². The molecule has 0 aliphatic rings. The summed E-state index contributed by atoms with van der Waals surface area (Å²) in [4.78, 5) is 0. The van der Waals surface area contributed by atoms with Crippen molar-refractivity contribution >= 4 is 0 Å². The molecule has 0 unspecified atom stereocenters. The largest absolute Gasteiger partial charge is 0 e. The summed E-state index contributed by atoms with van der Waals surface area (Å²) in [5, 5.41) is 0. The average molecular weight is 198 g/mol. The van der Waals surface area contributed by atoms with Gasteiger partial charge in [-0.25, -0.2) is 0 Å². The fraction of sp³-hybridized carbons (Fsp3) is 0. The standard InChI is InChI=1S/2FH.Ni.Ru/h2*1H;;/q;;+2;/p-2. The van der Waals surface area contributed by atoms with Gasteiger partial charge in [0.25, 0.3) is 0 Å². The Balaban J connectivity index is 0. The molecule has 0 aliphatic carbocycles. The Morgan fingerprint density at radius 2 is 1.25 bits per heavy atom. The summed E-state index contributed by atoms with van der Waals surface area (Å²) in [5.74, 6) is 0. The van der Waals surface area contributed by atoms with Crippen molar-refractivity contribution in [3.8, 4) is 0 Å². The molecule has 0 spiro atoms. The summed E-state index contributed by atoms with van der Waals surface area (Å²) < 4.78 is 19.1. The van der Waals surface area contributed by atoms with Crippen LogP contribution in [0.2, 0.25) is 0 Å². The predicted molar refractivity (Wildman–Crippen MR) is 2.22 cm³/mol. The van der Waals surface area contributed by atoms with Crippen LogP contribution < -0.4 is 0 Å². The Morgan fingerprint density at radius 1 is 1.25 bits per heavy atom. The number of halogens is 2. The molecule has 0 aromatic carbocycles. The van der Waals surface area contributed by atoms with E-state index in [-0.39, 0.29) is 19.5 Å². The van der Waals surface area contributed by atoms with Crippen molar-refractivity contribution in [2.45, 2.75) is 0 Å². The molecule has 0 nitrogen and oxygen atoms in total. The van der Waals surface area contributed by atoms with Gasteiger partial charge in [-0.2, -0.15) is 0 Å². The number of hydrogen-bond acceptors (Lipinski definition) is 0. The van der Waals surface area contributed by atoms with Crippen LogP contribution in [-0.2, 0) is 34.8 Å². The zero-order valence-corrected chi connectivity index (χ0v) is 4.15. The van der Waals surface area contributed by atoms with Gasteiger partial charge in [0.2, 0.25) is 0 Å². The van der Waals surface area contributed by atoms with Gasteiger partial charge in [0, 0.05) is 19.5 Å². The molecule has 0 atom stereocenters. The molecule has 0 amide bonds. The topological polar surface area (TPSA) is 0 Å². The van der Waals surface area contributed by atoms with E-state index in [9.17, 15) is 7.21 Å². The zero-order valence-electron chi connectivity index (χ0n) is 1.43. The molecule has 0 aromatic rings. The summed E-state index contributed by atoms with van der Waals surface area (Å²) in [5.41, 5.74) is 0. The zero-order chi connectivity index (χ0) is 2.71. The van der Waals surface area contributed by atoms with E-state index < -0.39 is 15.3 Å². The van der Waals surface area contributed by atoms with Crippen LogP contribution >= 0.6 is 0 Å². The van der Waals surface area contributed by atoms with Crippen LogP contribution in [0, 0.1) is 0 Å². The van der Waals surface area contributed by atoms with Crippen LogP contribution in [0.25, 0.3) is 0 Å². The van der Waals surface area contributed by atoms with Gasteiger partial charge in [-0.15, -0.1) is 0 Å². The third kappa shape index (κ3) is 12.2. The van der Waals surface area contributed by atoms with Gasteiger partial charge >= 0.3 is 22.5 Å². The average Bonchev–Trinajstić information content (AvgIpc) is 0.918. The van der Waals surface area contributed by atoms with E-state index >= 15 is 0 Å². The molecule has 4 heteroatoms. The van der Waals surface area contributed by atoms with E-state index in [1.165, 1.54) is 0 Å². The Hall–Kier alpha value is 0.977. The Bertz CT molecular complexity index is 6.00. The molecule has 0 radical (unpaired) electrons. The van der Waals surface area contributed by atoms with Gasteiger partial charge in [-0.05, 0) is 0 Å². The first-order chi connectivity index (χ1) is 1.41.